The highest BCUT2D eigenvalue weighted by atomic mass is 79.9. The van der Waals surface area contributed by atoms with Crippen molar-refractivity contribution in [2.75, 3.05) is 6.54 Å². The van der Waals surface area contributed by atoms with E-state index in [1.165, 1.54) is 11.1 Å². The molecule has 4 heteroatoms. The monoisotopic (exact) mass is 333 g/mol. The third kappa shape index (κ3) is 4.12. The maximum Gasteiger partial charge on any atom is 0.0605 e. The topological polar surface area (TPSA) is 37.8 Å². The lowest BCUT2D eigenvalue weighted by Crippen LogP contribution is -2.25. The van der Waals surface area contributed by atoms with E-state index in [4.69, 9.17) is 0 Å². The van der Waals surface area contributed by atoms with Crippen LogP contribution in [0.3, 0.4) is 0 Å². The Morgan fingerprint density at radius 1 is 1.35 bits per heavy atom. The van der Waals surface area contributed by atoms with Crippen LogP contribution in [0.5, 0.6) is 0 Å². The normalized spacial score (nSPS) is 12.3. The number of aryl methyl sites for hydroxylation is 1. The average molecular weight is 334 g/mol. The molecule has 1 atom stereocenters. The fourth-order valence-corrected chi connectivity index (χ4v) is 2.66. The summed E-state index contributed by atoms with van der Waals surface area (Å²) in [5.41, 5.74) is 3.56. The third-order valence-electron chi connectivity index (χ3n) is 3.22. The van der Waals surface area contributed by atoms with E-state index in [2.05, 4.69) is 57.2 Å². The van der Waals surface area contributed by atoms with E-state index < -0.39 is 0 Å². The highest BCUT2D eigenvalue weighted by Gasteiger charge is 2.15. The van der Waals surface area contributed by atoms with E-state index in [0.717, 1.165) is 29.6 Å². The molecule has 20 heavy (non-hydrogen) atoms. The summed E-state index contributed by atoms with van der Waals surface area (Å²) in [6, 6.07) is 6.44. The molecule has 0 spiro atoms. The van der Waals surface area contributed by atoms with Crippen LogP contribution in [-0.2, 0) is 6.42 Å². The van der Waals surface area contributed by atoms with Crippen molar-refractivity contribution < 1.29 is 0 Å². The van der Waals surface area contributed by atoms with Crippen LogP contribution in [0.15, 0.2) is 41.3 Å². The van der Waals surface area contributed by atoms with E-state index in [0.29, 0.717) is 0 Å². The van der Waals surface area contributed by atoms with Gasteiger partial charge in [-0.2, -0.15) is 0 Å². The van der Waals surface area contributed by atoms with Gasteiger partial charge in [-0.1, -0.05) is 13.0 Å². The molecule has 3 nitrogen and oxygen atoms in total. The van der Waals surface area contributed by atoms with Gasteiger partial charge >= 0.3 is 0 Å². The van der Waals surface area contributed by atoms with Crippen molar-refractivity contribution in [2.24, 2.45) is 0 Å². The second-order valence-corrected chi connectivity index (χ2v) is 5.84. The number of aromatic nitrogens is 2. The first kappa shape index (κ1) is 15.1. The summed E-state index contributed by atoms with van der Waals surface area (Å²) in [4.78, 5) is 8.79. The zero-order chi connectivity index (χ0) is 14.4. The zero-order valence-corrected chi connectivity index (χ0v) is 13.5. The van der Waals surface area contributed by atoms with Crippen LogP contribution in [0.25, 0.3) is 0 Å². The molecule has 2 aromatic rings. The van der Waals surface area contributed by atoms with Gasteiger partial charge in [0.25, 0.3) is 0 Å². The fraction of sp³-hybridized carbons (Fsp3) is 0.375. The molecule has 106 valence electrons. The standard InChI is InChI=1S/C16H20BrN3/c1-3-6-19-15(16-12(2)5-4-7-20-16)9-13-8-14(17)11-18-10-13/h4-5,7-8,10-11,15,19H,3,6,9H2,1-2H3. The van der Waals surface area contributed by atoms with Crippen molar-refractivity contribution in [1.82, 2.24) is 15.3 Å². The molecule has 1 N–H and O–H groups in total. The molecule has 0 aliphatic rings. The Labute approximate surface area is 129 Å². The first-order chi connectivity index (χ1) is 9.70. The summed E-state index contributed by atoms with van der Waals surface area (Å²) in [6.07, 6.45) is 7.60. The zero-order valence-electron chi connectivity index (χ0n) is 11.9. The Morgan fingerprint density at radius 3 is 2.90 bits per heavy atom. The molecule has 0 saturated carbocycles. The number of halogens is 1. The smallest absolute Gasteiger partial charge is 0.0605 e. The molecule has 2 rings (SSSR count). The van der Waals surface area contributed by atoms with E-state index in [-0.39, 0.29) is 6.04 Å². The first-order valence-corrected chi connectivity index (χ1v) is 7.74. The molecule has 0 fully saturated rings. The minimum absolute atomic E-state index is 0.229. The lowest BCUT2D eigenvalue weighted by Gasteiger charge is -2.20. The average Bonchev–Trinajstić information content (AvgIpc) is 2.44. The highest BCUT2D eigenvalue weighted by Crippen LogP contribution is 2.21. The van der Waals surface area contributed by atoms with Crippen molar-refractivity contribution in [3.63, 3.8) is 0 Å². The Morgan fingerprint density at radius 2 is 2.20 bits per heavy atom. The minimum Gasteiger partial charge on any atom is -0.308 e. The number of nitrogens with one attached hydrogen (secondary N) is 1. The summed E-state index contributed by atoms with van der Waals surface area (Å²) >= 11 is 3.48. The molecule has 0 aromatic carbocycles. The van der Waals surface area contributed by atoms with Gasteiger partial charge < -0.3 is 5.32 Å². The number of rotatable bonds is 6. The minimum atomic E-state index is 0.229. The van der Waals surface area contributed by atoms with Crippen LogP contribution in [0.4, 0.5) is 0 Å². The van der Waals surface area contributed by atoms with Crippen LogP contribution in [0, 0.1) is 6.92 Å². The van der Waals surface area contributed by atoms with Gasteiger partial charge in [0.2, 0.25) is 0 Å². The molecular formula is C16H20BrN3. The molecule has 1 unspecified atom stereocenters. The number of hydrogen-bond acceptors (Lipinski definition) is 3. The molecular weight excluding hydrogens is 314 g/mol. The van der Waals surface area contributed by atoms with Crippen LogP contribution >= 0.6 is 15.9 Å². The highest BCUT2D eigenvalue weighted by molar-refractivity contribution is 9.10. The SMILES string of the molecule is CCCNC(Cc1cncc(Br)c1)c1ncccc1C. The maximum atomic E-state index is 4.56. The van der Waals surface area contributed by atoms with Gasteiger partial charge in [-0.05, 0) is 65.5 Å². The van der Waals surface area contributed by atoms with Gasteiger partial charge in [0, 0.05) is 23.1 Å². The van der Waals surface area contributed by atoms with Gasteiger partial charge in [-0.15, -0.1) is 0 Å². The fourth-order valence-electron chi connectivity index (χ4n) is 2.25. The predicted octanol–water partition coefficient (Wildman–Crippen LogP) is 3.83. The largest absolute Gasteiger partial charge is 0.308 e. The Hall–Kier alpha value is -1.26. The number of nitrogens with zero attached hydrogens (tertiary/aromatic N) is 2. The molecule has 0 saturated heterocycles. The van der Waals surface area contributed by atoms with Gasteiger partial charge in [0.15, 0.2) is 0 Å². The Balaban J connectivity index is 2.22. The predicted molar refractivity (Wildman–Crippen MR) is 85.6 cm³/mol. The van der Waals surface area contributed by atoms with Gasteiger partial charge in [-0.3, -0.25) is 9.97 Å². The third-order valence-corrected chi connectivity index (χ3v) is 3.66. The van der Waals surface area contributed by atoms with Crippen LogP contribution in [0.1, 0.15) is 36.2 Å². The van der Waals surface area contributed by atoms with Gasteiger partial charge in [0.1, 0.15) is 0 Å². The van der Waals surface area contributed by atoms with Crippen molar-refractivity contribution in [3.05, 3.63) is 58.1 Å². The van der Waals surface area contributed by atoms with Crippen LogP contribution < -0.4 is 5.32 Å². The maximum absolute atomic E-state index is 4.56. The van der Waals surface area contributed by atoms with Gasteiger partial charge in [0.05, 0.1) is 11.7 Å². The summed E-state index contributed by atoms with van der Waals surface area (Å²) < 4.78 is 1.02. The number of pyridine rings is 2. The molecule has 0 aliphatic carbocycles. The molecule has 2 aromatic heterocycles. The molecule has 0 amide bonds. The van der Waals surface area contributed by atoms with Crippen molar-refractivity contribution in [2.45, 2.75) is 32.7 Å². The summed E-state index contributed by atoms with van der Waals surface area (Å²) in [5, 5.41) is 3.59. The van der Waals surface area contributed by atoms with E-state index >= 15 is 0 Å². The van der Waals surface area contributed by atoms with Crippen LogP contribution in [0.2, 0.25) is 0 Å². The second kappa shape index (κ2) is 7.50. The van der Waals surface area contributed by atoms with Gasteiger partial charge in [-0.25, -0.2) is 0 Å². The summed E-state index contributed by atoms with van der Waals surface area (Å²) in [6.45, 7) is 5.28. The van der Waals surface area contributed by atoms with Crippen LogP contribution in [-0.4, -0.2) is 16.5 Å². The molecule has 2 heterocycles. The molecule has 0 bridgehead atoms. The Kier molecular flexibility index (Phi) is 5.68. The quantitative estimate of drug-likeness (QED) is 0.872. The first-order valence-electron chi connectivity index (χ1n) is 6.95. The lowest BCUT2D eigenvalue weighted by molar-refractivity contribution is 0.515. The van der Waals surface area contributed by atoms with E-state index in [1.807, 2.05) is 24.7 Å². The second-order valence-electron chi connectivity index (χ2n) is 4.93. The van der Waals surface area contributed by atoms with Crippen molar-refractivity contribution >= 4 is 15.9 Å². The van der Waals surface area contributed by atoms with Crippen molar-refractivity contribution in [3.8, 4) is 0 Å². The molecule has 0 aliphatic heterocycles. The van der Waals surface area contributed by atoms with E-state index in [1.54, 1.807) is 0 Å². The van der Waals surface area contributed by atoms with E-state index in [9.17, 15) is 0 Å². The summed E-state index contributed by atoms with van der Waals surface area (Å²) in [7, 11) is 0. The summed E-state index contributed by atoms with van der Waals surface area (Å²) in [5.74, 6) is 0. The molecule has 0 radical (unpaired) electrons. The Bertz CT molecular complexity index is 557. The van der Waals surface area contributed by atoms with Crippen molar-refractivity contribution in [1.29, 1.82) is 0 Å². The lowest BCUT2D eigenvalue weighted by atomic mass is 10.0. The number of hydrogen-bond donors (Lipinski definition) is 1.